The number of benzene rings is 1. The van der Waals surface area contributed by atoms with Gasteiger partial charge in [0.1, 0.15) is 12.2 Å². The number of piperazine rings is 1. The van der Waals surface area contributed by atoms with Crippen LogP contribution in [0, 0.1) is 0 Å². The van der Waals surface area contributed by atoms with Crippen molar-refractivity contribution < 1.29 is 19.1 Å². The summed E-state index contributed by atoms with van der Waals surface area (Å²) in [5.74, 6) is 0. The molecule has 2 amide bonds. The molecule has 7 heteroatoms. The topological polar surface area (TPSA) is 62.3 Å². The zero-order valence-electron chi connectivity index (χ0n) is 19.5. The number of likely N-dealkylation sites (tertiary alicyclic amines) is 1. The van der Waals surface area contributed by atoms with Crippen molar-refractivity contribution in [1.82, 2.24) is 14.7 Å². The minimum absolute atomic E-state index is 0.0902. The second kappa shape index (κ2) is 9.90. The lowest BCUT2D eigenvalue weighted by atomic mass is 9.99. The van der Waals surface area contributed by atoms with Crippen molar-refractivity contribution in [3.63, 3.8) is 0 Å². The van der Waals surface area contributed by atoms with Gasteiger partial charge in [-0.2, -0.15) is 0 Å². The van der Waals surface area contributed by atoms with E-state index in [0.717, 1.165) is 31.5 Å². The Labute approximate surface area is 186 Å². The first-order chi connectivity index (χ1) is 14.6. The molecule has 1 aromatic rings. The maximum atomic E-state index is 12.6. The Bertz CT molecular complexity index is 729. The molecule has 3 rings (SSSR count). The minimum Gasteiger partial charge on any atom is -0.445 e. The monoisotopic (exact) mass is 431 g/mol. The quantitative estimate of drug-likeness (QED) is 0.721. The fraction of sp³-hybridized carbons (Fsp3) is 0.667. The normalized spacial score (nSPS) is 23.5. The lowest BCUT2D eigenvalue weighted by Crippen LogP contribution is -2.62. The van der Waals surface area contributed by atoms with Crippen LogP contribution in [0.15, 0.2) is 30.3 Å². The number of carbonyl (C=O) groups excluding carboxylic acids is 2. The van der Waals surface area contributed by atoms with Crippen LogP contribution in [0.1, 0.15) is 53.0 Å². The van der Waals surface area contributed by atoms with E-state index in [2.05, 4.69) is 18.7 Å². The van der Waals surface area contributed by atoms with Crippen molar-refractivity contribution in [2.75, 3.05) is 26.2 Å². The Morgan fingerprint density at radius 2 is 1.55 bits per heavy atom. The van der Waals surface area contributed by atoms with Crippen molar-refractivity contribution in [2.24, 2.45) is 0 Å². The molecule has 2 heterocycles. The van der Waals surface area contributed by atoms with Gasteiger partial charge in [-0.3, -0.25) is 4.90 Å². The van der Waals surface area contributed by atoms with Crippen LogP contribution in [0.5, 0.6) is 0 Å². The number of amides is 2. The first-order valence-electron chi connectivity index (χ1n) is 11.3. The third-order valence-corrected chi connectivity index (χ3v) is 6.00. The summed E-state index contributed by atoms with van der Waals surface area (Å²) in [6, 6.07) is 10.4. The molecule has 172 valence electrons. The molecule has 0 N–H and O–H groups in total. The van der Waals surface area contributed by atoms with Gasteiger partial charge in [0.15, 0.2) is 0 Å². The van der Waals surface area contributed by atoms with Crippen molar-refractivity contribution >= 4 is 12.2 Å². The van der Waals surface area contributed by atoms with Crippen LogP contribution in [0.25, 0.3) is 0 Å². The minimum atomic E-state index is -0.490. The molecule has 1 aromatic carbocycles. The highest BCUT2D eigenvalue weighted by Gasteiger charge is 2.38. The highest BCUT2D eigenvalue weighted by molar-refractivity contribution is 5.69. The lowest BCUT2D eigenvalue weighted by molar-refractivity contribution is -0.0285. The fourth-order valence-corrected chi connectivity index (χ4v) is 4.56. The lowest BCUT2D eigenvalue weighted by Gasteiger charge is -2.48. The molecule has 2 aliphatic rings. The summed E-state index contributed by atoms with van der Waals surface area (Å²) >= 11 is 0. The molecule has 0 saturated carbocycles. The van der Waals surface area contributed by atoms with Gasteiger partial charge < -0.3 is 19.3 Å². The summed E-state index contributed by atoms with van der Waals surface area (Å²) in [6.45, 7) is 13.2. The van der Waals surface area contributed by atoms with Crippen LogP contribution < -0.4 is 0 Å². The van der Waals surface area contributed by atoms with E-state index >= 15 is 0 Å². The van der Waals surface area contributed by atoms with Gasteiger partial charge in [-0.25, -0.2) is 9.59 Å². The van der Waals surface area contributed by atoms with E-state index in [0.29, 0.717) is 25.7 Å². The summed E-state index contributed by atoms with van der Waals surface area (Å²) < 4.78 is 11.1. The van der Waals surface area contributed by atoms with E-state index in [1.54, 1.807) is 0 Å². The molecule has 2 atom stereocenters. The van der Waals surface area contributed by atoms with E-state index in [4.69, 9.17) is 9.47 Å². The molecule has 0 unspecified atom stereocenters. The Morgan fingerprint density at radius 1 is 0.968 bits per heavy atom. The van der Waals surface area contributed by atoms with Crippen molar-refractivity contribution in [2.45, 2.75) is 77.8 Å². The van der Waals surface area contributed by atoms with E-state index in [1.807, 2.05) is 60.9 Å². The molecule has 0 bridgehead atoms. The number of carbonyl (C=O) groups is 2. The predicted molar refractivity (Wildman–Crippen MR) is 120 cm³/mol. The van der Waals surface area contributed by atoms with Crippen LogP contribution in [0.2, 0.25) is 0 Å². The number of piperidine rings is 1. The average molecular weight is 432 g/mol. The van der Waals surface area contributed by atoms with Gasteiger partial charge in [-0.15, -0.1) is 0 Å². The molecule has 7 nitrogen and oxygen atoms in total. The predicted octanol–water partition coefficient (Wildman–Crippen LogP) is 4.12. The van der Waals surface area contributed by atoms with E-state index in [-0.39, 0.29) is 24.3 Å². The molecule has 2 aliphatic heterocycles. The van der Waals surface area contributed by atoms with Crippen LogP contribution in [0.4, 0.5) is 9.59 Å². The van der Waals surface area contributed by atoms with E-state index < -0.39 is 5.60 Å². The van der Waals surface area contributed by atoms with Crippen LogP contribution in [-0.4, -0.2) is 76.8 Å². The number of hydrogen-bond acceptors (Lipinski definition) is 5. The first-order valence-corrected chi connectivity index (χ1v) is 11.3. The molecule has 0 aliphatic carbocycles. The van der Waals surface area contributed by atoms with Gasteiger partial charge in [0.05, 0.1) is 0 Å². The van der Waals surface area contributed by atoms with Gasteiger partial charge >= 0.3 is 12.2 Å². The zero-order valence-corrected chi connectivity index (χ0v) is 19.5. The Morgan fingerprint density at radius 3 is 2.10 bits per heavy atom. The third-order valence-electron chi connectivity index (χ3n) is 6.00. The molecular weight excluding hydrogens is 394 g/mol. The largest absolute Gasteiger partial charge is 0.445 e. The third kappa shape index (κ3) is 6.35. The summed E-state index contributed by atoms with van der Waals surface area (Å²) in [7, 11) is 0. The average Bonchev–Trinajstić information content (AvgIpc) is 2.71. The van der Waals surface area contributed by atoms with Crippen LogP contribution in [0.3, 0.4) is 0 Å². The van der Waals surface area contributed by atoms with Crippen molar-refractivity contribution in [1.29, 1.82) is 0 Å². The molecular formula is C24H37N3O4. The maximum absolute atomic E-state index is 12.6. The van der Waals surface area contributed by atoms with E-state index in [1.165, 1.54) is 0 Å². The van der Waals surface area contributed by atoms with Crippen LogP contribution in [-0.2, 0) is 16.1 Å². The second-order valence-corrected chi connectivity index (χ2v) is 9.80. The number of rotatable bonds is 3. The number of hydrogen-bond donors (Lipinski definition) is 0. The van der Waals surface area contributed by atoms with E-state index in [9.17, 15) is 9.59 Å². The summed E-state index contributed by atoms with van der Waals surface area (Å²) in [5.41, 5.74) is 0.506. The number of nitrogens with zero attached hydrogens (tertiary/aromatic N) is 3. The molecule has 0 spiro atoms. The van der Waals surface area contributed by atoms with Gasteiger partial charge in [0, 0.05) is 44.3 Å². The zero-order chi connectivity index (χ0) is 22.6. The highest BCUT2D eigenvalue weighted by Crippen LogP contribution is 2.25. The smallest absolute Gasteiger partial charge is 0.410 e. The highest BCUT2D eigenvalue weighted by atomic mass is 16.6. The van der Waals surface area contributed by atoms with Gasteiger partial charge in [0.2, 0.25) is 0 Å². The van der Waals surface area contributed by atoms with Crippen molar-refractivity contribution in [3.8, 4) is 0 Å². The second-order valence-electron chi connectivity index (χ2n) is 9.80. The summed E-state index contributed by atoms with van der Waals surface area (Å²) in [6.07, 6.45) is 1.38. The Hall–Kier alpha value is -2.28. The molecule has 0 radical (unpaired) electrons. The first kappa shape index (κ1) is 23.4. The summed E-state index contributed by atoms with van der Waals surface area (Å²) in [4.78, 5) is 31.2. The van der Waals surface area contributed by atoms with Gasteiger partial charge in [-0.05, 0) is 53.0 Å². The standard InChI is InChI=1S/C24H37N3O4/c1-18-15-26(16-19(2)27(18)23(29)31-24(3,4)5)21-11-13-25(14-12-21)22(28)30-17-20-9-7-6-8-10-20/h6-10,18-19,21H,11-17H2,1-5H3/t18-,19+. The number of ether oxygens (including phenoxy) is 2. The van der Waals surface area contributed by atoms with Crippen LogP contribution >= 0.6 is 0 Å². The maximum Gasteiger partial charge on any atom is 0.410 e. The molecule has 31 heavy (non-hydrogen) atoms. The van der Waals surface area contributed by atoms with Gasteiger partial charge in [-0.1, -0.05) is 30.3 Å². The molecule has 0 aromatic heterocycles. The Kier molecular flexibility index (Phi) is 7.46. The molecule has 2 saturated heterocycles. The Balaban J connectivity index is 1.46. The fourth-order valence-electron chi connectivity index (χ4n) is 4.56. The molecule has 2 fully saturated rings. The SMILES string of the molecule is C[C@@H]1CN(C2CCN(C(=O)OCc3ccccc3)CC2)C[C@H](C)N1C(=O)OC(C)(C)C. The van der Waals surface area contributed by atoms with Crippen molar-refractivity contribution in [3.05, 3.63) is 35.9 Å². The summed E-state index contributed by atoms with van der Waals surface area (Å²) in [5, 5.41) is 0. The van der Waals surface area contributed by atoms with Gasteiger partial charge in [0.25, 0.3) is 0 Å².